The third-order valence-corrected chi connectivity index (χ3v) is 17.0. The number of aliphatic hydroxyl groups excluding tert-OH is 2. The van der Waals surface area contributed by atoms with Crippen molar-refractivity contribution in [3.63, 3.8) is 0 Å². The molecule has 2 rings (SSSR count). The van der Waals surface area contributed by atoms with E-state index >= 15 is 0 Å². The van der Waals surface area contributed by atoms with Crippen LogP contribution in [0.1, 0.15) is 92.6 Å². The number of aromatic hydroxyl groups is 1. The van der Waals surface area contributed by atoms with Crippen LogP contribution in [0.4, 0.5) is 0 Å². The molecule has 0 radical (unpaired) electrons. The number of phenolic OH excluding ortho intramolecular Hbond substituents is 1. The predicted molar refractivity (Wildman–Crippen MR) is 375 cm³/mol. The first-order valence-corrected chi connectivity index (χ1v) is 34.6. The molecule has 15 amide bonds. The highest BCUT2D eigenvalue weighted by Crippen LogP contribution is 2.15. The number of carboxylic acids is 2. The zero-order valence-corrected chi connectivity index (χ0v) is 60.4. The number of carbonyl (C=O) groups is 17. The summed E-state index contributed by atoms with van der Waals surface area (Å²) in [5, 5.41) is 85.1. The summed E-state index contributed by atoms with van der Waals surface area (Å²) in [6, 6.07) is -15.6. The summed E-state index contributed by atoms with van der Waals surface area (Å²) in [5.41, 5.74) is 5.70. The lowest BCUT2D eigenvalue weighted by atomic mass is 9.97. The van der Waals surface area contributed by atoms with E-state index in [9.17, 15) is 102 Å². The molecule has 22 N–H and O–H groups in total. The molecular formula is C60H94N16O22S4. The highest BCUT2D eigenvalue weighted by molar-refractivity contribution is 7.80. The number of primary amides is 1. The van der Waals surface area contributed by atoms with Crippen molar-refractivity contribution in [1.29, 1.82) is 0 Å². The molecule has 1 aromatic carbocycles. The summed E-state index contributed by atoms with van der Waals surface area (Å²) in [6.45, 7) is 8.83. The summed E-state index contributed by atoms with van der Waals surface area (Å²) >= 11 is 16.3. The molecule has 0 aromatic heterocycles. The maximum Gasteiger partial charge on any atom is 0.327 e. The number of phenols is 1. The second kappa shape index (κ2) is 44.6. The van der Waals surface area contributed by atoms with Crippen LogP contribution in [0.25, 0.3) is 0 Å². The highest BCUT2D eigenvalue weighted by atomic mass is 32.1. The number of hydrogen-bond acceptors (Lipinski definition) is 25. The molecule has 102 heavy (non-hydrogen) atoms. The maximum atomic E-state index is 14.1. The Balaban J connectivity index is 2.22. The number of carboxylic acid groups (broad SMARTS) is 2. The lowest BCUT2D eigenvalue weighted by molar-refractivity contribution is -0.141. The number of aliphatic hydroxyl groups is 2. The van der Waals surface area contributed by atoms with Crippen LogP contribution in [0.15, 0.2) is 24.3 Å². The summed E-state index contributed by atoms with van der Waals surface area (Å²) < 4.78 is 0. The number of nitrogens with two attached hydrogens (primary N) is 1. The van der Waals surface area contributed by atoms with Crippen molar-refractivity contribution in [3.05, 3.63) is 29.8 Å². The Labute approximate surface area is 608 Å². The van der Waals surface area contributed by atoms with Crippen molar-refractivity contribution in [1.82, 2.24) is 79.8 Å². The molecule has 0 spiro atoms. The number of nitrogens with one attached hydrogen (secondary N) is 15. The van der Waals surface area contributed by atoms with Gasteiger partial charge < -0.3 is 111 Å². The molecule has 1 fully saturated rings. The Hall–Kier alpha value is -8.71. The molecule has 0 unspecified atom stereocenters. The number of rotatable bonds is 44. The Morgan fingerprint density at radius 2 is 0.892 bits per heavy atom. The highest BCUT2D eigenvalue weighted by Gasteiger charge is 2.39. The molecule has 1 heterocycles. The molecule has 0 aliphatic carbocycles. The molecule has 1 aliphatic heterocycles. The Kier molecular flexibility index (Phi) is 39.1. The quantitative estimate of drug-likeness (QED) is 0.0270. The van der Waals surface area contributed by atoms with Gasteiger partial charge in [0, 0.05) is 35.9 Å². The van der Waals surface area contributed by atoms with Gasteiger partial charge in [0.05, 0.1) is 31.2 Å². The zero-order chi connectivity index (χ0) is 77.4. The van der Waals surface area contributed by atoms with Crippen LogP contribution in [0, 0.1) is 5.92 Å². The van der Waals surface area contributed by atoms with Crippen molar-refractivity contribution in [2.75, 3.05) is 36.1 Å². The van der Waals surface area contributed by atoms with Crippen LogP contribution in [0.3, 0.4) is 0 Å². The van der Waals surface area contributed by atoms with Gasteiger partial charge in [-0.15, -0.1) is 0 Å². The minimum atomic E-state index is -1.83. The van der Waals surface area contributed by atoms with Crippen LogP contribution in [-0.2, 0) is 87.9 Å². The minimum absolute atomic E-state index is 0.150. The predicted octanol–water partition coefficient (Wildman–Crippen LogP) is -8.48. The fraction of sp³-hybridized carbons (Fsp3) is 0.617. The van der Waals surface area contributed by atoms with Gasteiger partial charge in [0.1, 0.15) is 84.3 Å². The van der Waals surface area contributed by atoms with Gasteiger partial charge in [-0.2, -0.15) is 50.5 Å². The standard InChI is InChI=1S/C60H94N16O22S4/c1-8-25(2)44(74-51(88)34(15-16-43(82)83)68-55(92)38(22-100)73-59(96)46(30(7)78)76-53(90)36(19-41(61)80)70-50(87)33-10-9-17-62-33)58(95)72-37(21-99)54(91)66-28(5)48(85)69-35(18-31-11-13-32(79)14-12-31)52(89)65-26(3)47(84)64-27(4)49(86)71-39(23-101)56(93)75-45(29(6)77)57(94)63-20-42(81)67-40(24-102)60(97)98/h11-14,25-30,33-40,44-46,62,77-79,99-102H,8-10,15-24H2,1-7H3,(H2,61,80)(H,63,94)(H,64,84)(H,65,89)(H,66,91)(H,67,81)(H,68,92)(H,69,85)(H,70,87)(H,71,86)(H,72,95)(H,73,96)(H,74,88)(H,75,93)(H,76,90)(H,82,83)(H,97,98)/t25-,26-,27-,28-,29+,30+,33-,34-,35-,36-,37-,38-,39-,40-,44-,45-,46-/m0/s1. The van der Waals surface area contributed by atoms with Gasteiger partial charge in [0.2, 0.25) is 88.6 Å². The molecule has 38 nitrogen and oxygen atoms in total. The molecule has 42 heteroatoms. The monoisotopic (exact) mass is 1520 g/mol. The molecule has 0 bridgehead atoms. The molecule has 1 aliphatic rings. The number of amides is 15. The molecular weight excluding hydrogens is 1430 g/mol. The van der Waals surface area contributed by atoms with E-state index in [4.69, 9.17) is 10.8 Å². The van der Waals surface area contributed by atoms with Gasteiger partial charge >= 0.3 is 11.9 Å². The Morgan fingerprint density at radius 3 is 1.34 bits per heavy atom. The first kappa shape index (κ1) is 89.4. The van der Waals surface area contributed by atoms with E-state index in [-0.39, 0.29) is 30.1 Å². The van der Waals surface area contributed by atoms with Crippen LogP contribution >= 0.6 is 50.5 Å². The number of hydrogen-bond donors (Lipinski definition) is 25. The first-order valence-electron chi connectivity index (χ1n) is 32.1. The topological polar surface area (TPSA) is 598 Å². The lowest BCUT2D eigenvalue weighted by Gasteiger charge is -2.29. The van der Waals surface area contributed by atoms with Gasteiger partial charge in [0.15, 0.2) is 0 Å². The van der Waals surface area contributed by atoms with E-state index in [1.807, 2.05) is 0 Å². The lowest BCUT2D eigenvalue weighted by Crippen LogP contribution is -2.62. The normalized spacial score (nSPS) is 17.2. The molecule has 17 atom stereocenters. The third-order valence-electron chi connectivity index (χ3n) is 15.6. The SMILES string of the molecule is CC[C@H](C)[C@H](NC(=O)[C@H](CCC(=O)O)NC(=O)[C@H](CS)NC(=O)[C@@H](NC(=O)[C@H](CC(N)=O)NC(=O)[C@@H]1CCCN1)[C@@H](C)O)C(=O)N[C@@H](CS)C(=O)N[C@@H](C)C(=O)N[C@@H](Cc1ccc(O)cc1)C(=O)N[C@@H](C)C(=O)N[C@@H](C)C(=O)N[C@@H](CS)C(=O)N[C@H](C(=O)NCC(=O)N[C@@H](CS)C(=O)O)[C@@H](C)O. The van der Waals surface area contributed by atoms with Gasteiger partial charge in [-0.1, -0.05) is 32.4 Å². The molecule has 0 saturated carbocycles. The largest absolute Gasteiger partial charge is 0.508 e. The molecule has 570 valence electrons. The summed E-state index contributed by atoms with van der Waals surface area (Å²) in [4.78, 5) is 223. The van der Waals surface area contributed by atoms with E-state index < -0.39 is 241 Å². The van der Waals surface area contributed by atoms with Gasteiger partial charge in [-0.3, -0.25) is 76.7 Å². The summed E-state index contributed by atoms with van der Waals surface area (Å²) in [5.74, 6) is -20.3. The number of thiol groups is 4. The summed E-state index contributed by atoms with van der Waals surface area (Å²) in [6.07, 6.45) is -4.24. The average Bonchev–Trinajstić information content (AvgIpc) is 0.935. The smallest absolute Gasteiger partial charge is 0.327 e. The second-order valence-corrected chi connectivity index (χ2v) is 25.4. The average molecular weight is 1520 g/mol. The van der Waals surface area contributed by atoms with Crippen LogP contribution < -0.4 is 85.5 Å². The van der Waals surface area contributed by atoms with E-state index in [1.54, 1.807) is 6.92 Å². The minimum Gasteiger partial charge on any atom is -0.508 e. The first-order chi connectivity index (χ1) is 47.8. The van der Waals surface area contributed by atoms with E-state index in [0.717, 1.165) is 13.8 Å². The number of carbonyl (C=O) groups excluding carboxylic acids is 15. The third kappa shape index (κ3) is 30.5. The number of aliphatic carboxylic acids is 2. The van der Waals surface area contributed by atoms with Crippen LogP contribution in [0.2, 0.25) is 0 Å². The zero-order valence-electron chi connectivity index (χ0n) is 56.9. The van der Waals surface area contributed by atoms with Crippen molar-refractivity contribution >= 4 is 151 Å². The fourth-order valence-electron chi connectivity index (χ4n) is 9.32. The van der Waals surface area contributed by atoms with Crippen molar-refractivity contribution in [3.8, 4) is 5.75 Å². The van der Waals surface area contributed by atoms with Crippen LogP contribution in [-0.4, -0.2) is 259 Å². The van der Waals surface area contributed by atoms with E-state index in [0.29, 0.717) is 24.9 Å². The Morgan fingerprint density at radius 1 is 0.490 bits per heavy atom. The van der Waals surface area contributed by atoms with Gasteiger partial charge in [-0.05, 0) is 84.0 Å². The second-order valence-electron chi connectivity index (χ2n) is 23.9. The summed E-state index contributed by atoms with van der Waals surface area (Å²) in [7, 11) is 0. The van der Waals surface area contributed by atoms with Gasteiger partial charge in [-0.25, -0.2) is 4.79 Å². The number of benzene rings is 1. The van der Waals surface area contributed by atoms with Crippen molar-refractivity contribution < 1.29 is 107 Å². The van der Waals surface area contributed by atoms with E-state index in [2.05, 4.69) is 130 Å². The molecule has 1 saturated heterocycles. The maximum absolute atomic E-state index is 14.1. The van der Waals surface area contributed by atoms with Gasteiger partial charge in [0.25, 0.3) is 0 Å². The fourth-order valence-corrected chi connectivity index (χ4v) is 10.3. The molecule has 1 aromatic rings. The van der Waals surface area contributed by atoms with Crippen molar-refractivity contribution in [2.24, 2.45) is 11.7 Å². The van der Waals surface area contributed by atoms with E-state index in [1.165, 1.54) is 52.0 Å². The Bertz CT molecular complexity index is 3150. The van der Waals surface area contributed by atoms with Crippen LogP contribution in [0.5, 0.6) is 5.75 Å². The van der Waals surface area contributed by atoms with Crippen molar-refractivity contribution in [2.45, 2.75) is 190 Å².